The van der Waals surface area contributed by atoms with E-state index in [2.05, 4.69) is 10.3 Å². The average molecular weight is 402 g/mol. The molecule has 146 valence electrons. The molecule has 28 heavy (non-hydrogen) atoms. The van der Waals surface area contributed by atoms with Crippen LogP contribution in [0.25, 0.3) is 0 Å². The minimum atomic E-state index is -0.688. The molecule has 1 aromatic carbocycles. The molecular formula is C20H20F2N4OS. The number of nitrogens with two attached hydrogens (primary N) is 1. The lowest BCUT2D eigenvalue weighted by Crippen LogP contribution is -2.43. The molecule has 2 atom stereocenters. The van der Waals surface area contributed by atoms with E-state index in [0.717, 1.165) is 37.6 Å². The van der Waals surface area contributed by atoms with Crippen molar-refractivity contribution in [3.05, 3.63) is 59.4 Å². The highest BCUT2D eigenvalue weighted by Crippen LogP contribution is 2.50. The maximum Gasteiger partial charge on any atom is 0.274 e. The molecule has 2 aromatic rings. The van der Waals surface area contributed by atoms with Crippen LogP contribution in [0.1, 0.15) is 41.7 Å². The predicted molar refractivity (Wildman–Crippen MR) is 106 cm³/mol. The van der Waals surface area contributed by atoms with Crippen molar-refractivity contribution in [2.75, 3.05) is 11.1 Å². The molecule has 1 fully saturated rings. The summed E-state index contributed by atoms with van der Waals surface area (Å²) in [5, 5.41) is 3.19. The molecule has 2 unspecified atom stereocenters. The summed E-state index contributed by atoms with van der Waals surface area (Å²) in [6.07, 6.45) is 4.73. The zero-order valence-electron chi connectivity index (χ0n) is 15.1. The number of nitrogens with one attached hydrogen (secondary N) is 1. The minimum Gasteiger partial charge on any atom is -0.379 e. The number of amides is 1. The second-order valence-electron chi connectivity index (χ2n) is 7.14. The summed E-state index contributed by atoms with van der Waals surface area (Å²) in [5.74, 6) is -0.345. The SMILES string of the molecule is NC1=NC2(c3cc(NC(=O)c4ccc(F)cn4)ccc3F)CCCCC2CS1. The molecule has 0 saturated heterocycles. The molecular weight excluding hydrogens is 382 g/mol. The van der Waals surface area contributed by atoms with Crippen molar-refractivity contribution in [2.24, 2.45) is 16.6 Å². The van der Waals surface area contributed by atoms with Gasteiger partial charge in [-0.2, -0.15) is 0 Å². The molecule has 8 heteroatoms. The third-order valence-electron chi connectivity index (χ3n) is 5.43. The number of amidine groups is 1. The number of aromatic nitrogens is 1. The standard InChI is InChI=1S/C20H20F2N4OS/c21-13-4-7-17(24-10-13)18(27)25-14-5-6-16(22)15(9-14)20-8-2-1-3-12(20)11-28-19(23)26-20/h4-7,9-10,12H,1-3,8,11H2,(H2,23,26)(H,25,27). The maximum absolute atomic E-state index is 14.9. The van der Waals surface area contributed by atoms with E-state index >= 15 is 0 Å². The monoisotopic (exact) mass is 402 g/mol. The highest BCUT2D eigenvalue weighted by molar-refractivity contribution is 8.13. The van der Waals surface area contributed by atoms with Crippen molar-refractivity contribution in [1.29, 1.82) is 0 Å². The summed E-state index contributed by atoms with van der Waals surface area (Å²) in [5.41, 5.74) is 6.30. The number of aliphatic imine (C=N–C) groups is 1. The van der Waals surface area contributed by atoms with Gasteiger partial charge in [-0.1, -0.05) is 24.6 Å². The van der Waals surface area contributed by atoms with Crippen LogP contribution in [0.3, 0.4) is 0 Å². The molecule has 0 radical (unpaired) electrons. The minimum absolute atomic E-state index is 0.0808. The number of nitrogens with zero attached hydrogens (tertiary/aromatic N) is 2. The summed E-state index contributed by atoms with van der Waals surface area (Å²) >= 11 is 1.51. The van der Waals surface area contributed by atoms with Crippen LogP contribution in [0.5, 0.6) is 0 Å². The Morgan fingerprint density at radius 1 is 1.25 bits per heavy atom. The molecule has 0 spiro atoms. The van der Waals surface area contributed by atoms with Gasteiger partial charge in [0.2, 0.25) is 0 Å². The Morgan fingerprint density at radius 3 is 2.89 bits per heavy atom. The van der Waals surface area contributed by atoms with E-state index in [1.54, 1.807) is 6.07 Å². The average Bonchev–Trinajstić information content (AvgIpc) is 2.69. The molecule has 5 nitrogen and oxygen atoms in total. The number of halogens is 2. The number of benzene rings is 1. The number of carbonyl (C=O) groups is 1. The number of thioether (sulfide) groups is 1. The van der Waals surface area contributed by atoms with Gasteiger partial charge in [0.15, 0.2) is 5.17 Å². The van der Waals surface area contributed by atoms with Crippen molar-refractivity contribution < 1.29 is 13.6 Å². The Morgan fingerprint density at radius 2 is 2.11 bits per heavy atom. The molecule has 1 saturated carbocycles. The van der Waals surface area contributed by atoms with E-state index in [4.69, 9.17) is 10.7 Å². The first-order valence-electron chi connectivity index (χ1n) is 9.19. The Hall–Kier alpha value is -2.48. The molecule has 2 heterocycles. The second-order valence-corrected chi connectivity index (χ2v) is 8.18. The molecule has 0 bridgehead atoms. The van der Waals surface area contributed by atoms with Crippen LogP contribution in [-0.4, -0.2) is 21.8 Å². The van der Waals surface area contributed by atoms with Gasteiger partial charge in [-0.05, 0) is 49.1 Å². The van der Waals surface area contributed by atoms with Crippen molar-refractivity contribution in [3.8, 4) is 0 Å². The van der Waals surface area contributed by atoms with Crippen LogP contribution < -0.4 is 11.1 Å². The van der Waals surface area contributed by atoms with Crippen molar-refractivity contribution in [1.82, 2.24) is 4.98 Å². The lowest BCUT2D eigenvalue weighted by Gasteiger charge is -2.44. The van der Waals surface area contributed by atoms with Crippen molar-refractivity contribution in [2.45, 2.75) is 31.2 Å². The zero-order valence-corrected chi connectivity index (χ0v) is 15.9. The van der Waals surface area contributed by atoms with Crippen molar-refractivity contribution >= 4 is 28.5 Å². The fourth-order valence-electron chi connectivity index (χ4n) is 4.07. The van der Waals surface area contributed by atoms with Crippen LogP contribution in [0.4, 0.5) is 14.5 Å². The number of anilines is 1. The molecule has 1 aliphatic heterocycles. The molecule has 1 aromatic heterocycles. The zero-order chi connectivity index (χ0) is 19.7. The van der Waals surface area contributed by atoms with Gasteiger partial charge in [0, 0.05) is 17.0 Å². The topological polar surface area (TPSA) is 80.4 Å². The van der Waals surface area contributed by atoms with Gasteiger partial charge in [0.1, 0.15) is 17.3 Å². The van der Waals surface area contributed by atoms with Crippen molar-refractivity contribution in [3.63, 3.8) is 0 Å². The van der Waals surface area contributed by atoms with E-state index in [0.29, 0.717) is 16.4 Å². The predicted octanol–water partition coefficient (Wildman–Crippen LogP) is 4.06. The number of hydrogen-bond donors (Lipinski definition) is 2. The second kappa shape index (κ2) is 7.50. The number of pyridine rings is 1. The summed E-state index contributed by atoms with van der Waals surface area (Å²) in [6.45, 7) is 0. The first-order valence-corrected chi connectivity index (χ1v) is 10.2. The Bertz CT molecular complexity index is 934. The molecule has 3 N–H and O–H groups in total. The smallest absolute Gasteiger partial charge is 0.274 e. The quantitative estimate of drug-likeness (QED) is 0.811. The molecule has 1 amide bonds. The maximum atomic E-state index is 14.9. The number of fused-ring (bicyclic) bond motifs is 1. The summed E-state index contributed by atoms with van der Waals surface area (Å²) in [7, 11) is 0. The highest BCUT2D eigenvalue weighted by Gasteiger charge is 2.46. The van der Waals surface area contributed by atoms with Gasteiger partial charge < -0.3 is 11.1 Å². The Balaban J connectivity index is 1.68. The number of hydrogen-bond acceptors (Lipinski definition) is 5. The van der Waals surface area contributed by atoms with Gasteiger partial charge in [-0.3, -0.25) is 9.79 Å². The van der Waals surface area contributed by atoms with E-state index in [-0.39, 0.29) is 17.4 Å². The van der Waals surface area contributed by atoms with Crippen LogP contribution in [0, 0.1) is 17.6 Å². The third-order valence-corrected chi connectivity index (χ3v) is 6.38. The number of rotatable bonds is 3. The first kappa shape index (κ1) is 18.9. The third kappa shape index (κ3) is 3.48. The normalized spacial score (nSPS) is 24.2. The van der Waals surface area contributed by atoms with E-state index in [1.807, 2.05) is 0 Å². The van der Waals surface area contributed by atoms with Gasteiger partial charge >= 0.3 is 0 Å². The lowest BCUT2D eigenvalue weighted by molar-refractivity contribution is 0.102. The summed E-state index contributed by atoms with van der Waals surface area (Å²) in [6, 6.07) is 6.95. The Labute approximate surface area is 165 Å². The molecule has 1 aliphatic carbocycles. The van der Waals surface area contributed by atoms with Crippen LogP contribution in [0.15, 0.2) is 41.5 Å². The highest BCUT2D eigenvalue weighted by atomic mass is 32.2. The number of carbonyl (C=O) groups excluding carboxylic acids is 1. The van der Waals surface area contributed by atoms with Gasteiger partial charge in [0.05, 0.1) is 11.7 Å². The van der Waals surface area contributed by atoms with Gasteiger partial charge in [-0.25, -0.2) is 13.8 Å². The van der Waals surface area contributed by atoms with E-state index in [9.17, 15) is 13.6 Å². The van der Waals surface area contributed by atoms with Gasteiger partial charge in [-0.15, -0.1) is 0 Å². The first-order chi connectivity index (χ1) is 13.5. The lowest BCUT2D eigenvalue weighted by atomic mass is 9.69. The van der Waals surface area contributed by atoms with Crippen LogP contribution >= 0.6 is 11.8 Å². The van der Waals surface area contributed by atoms with E-state index in [1.165, 1.54) is 36.0 Å². The van der Waals surface area contributed by atoms with E-state index < -0.39 is 17.3 Å². The summed E-state index contributed by atoms with van der Waals surface area (Å²) in [4.78, 5) is 20.9. The largest absolute Gasteiger partial charge is 0.379 e. The fourth-order valence-corrected chi connectivity index (χ4v) is 5.11. The molecule has 4 rings (SSSR count). The fraction of sp³-hybridized carbons (Fsp3) is 0.350. The van der Waals surface area contributed by atoms with Gasteiger partial charge in [0.25, 0.3) is 5.91 Å². The molecule has 2 aliphatic rings. The Kier molecular flexibility index (Phi) is 5.05. The van der Waals surface area contributed by atoms with Crippen LogP contribution in [0.2, 0.25) is 0 Å². The summed E-state index contributed by atoms with van der Waals surface area (Å²) < 4.78 is 27.9. The van der Waals surface area contributed by atoms with Crippen LogP contribution in [-0.2, 0) is 5.54 Å².